The van der Waals surface area contributed by atoms with Crippen LogP contribution >= 0.6 is 0 Å². The Kier molecular flexibility index (Phi) is 4.99. The molecule has 0 radical (unpaired) electrons. The molecule has 112 valence electrons. The first-order valence-electron chi connectivity index (χ1n) is 6.81. The summed E-state index contributed by atoms with van der Waals surface area (Å²) in [6, 6.07) is 6.71. The van der Waals surface area contributed by atoms with Crippen LogP contribution in [0.2, 0.25) is 0 Å². The predicted molar refractivity (Wildman–Crippen MR) is 81.1 cm³/mol. The summed E-state index contributed by atoms with van der Waals surface area (Å²) in [5, 5.41) is 3.36. The molecular formula is C14H21NO3S2. The van der Waals surface area contributed by atoms with Crippen molar-refractivity contribution in [3.05, 3.63) is 24.3 Å². The Morgan fingerprint density at radius 3 is 2.30 bits per heavy atom. The fourth-order valence-electron chi connectivity index (χ4n) is 2.68. The molecule has 1 aliphatic carbocycles. The molecule has 3 unspecified atom stereocenters. The summed E-state index contributed by atoms with van der Waals surface area (Å²) < 4.78 is 35.5. The SMILES string of the molecule is CNC1CCCCC1S(=O)c1ccc(S(C)(=O)=O)cc1. The van der Waals surface area contributed by atoms with Crippen LogP contribution in [-0.4, -0.2) is 37.2 Å². The fraction of sp³-hybridized carbons (Fsp3) is 0.571. The van der Waals surface area contributed by atoms with Crippen LogP contribution in [0.1, 0.15) is 25.7 Å². The second-order valence-corrected chi connectivity index (χ2v) is 8.95. The van der Waals surface area contributed by atoms with Gasteiger partial charge in [-0.2, -0.15) is 0 Å². The smallest absolute Gasteiger partial charge is 0.175 e. The molecule has 0 spiro atoms. The zero-order valence-electron chi connectivity index (χ0n) is 11.8. The second kappa shape index (κ2) is 6.37. The van der Waals surface area contributed by atoms with Crippen LogP contribution in [0.15, 0.2) is 34.1 Å². The van der Waals surface area contributed by atoms with Crippen LogP contribution in [0.25, 0.3) is 0 Å². The lowest BCUT2D eigenvalue weighted by atomic mass is 9.95. The third kappa shape index (κ3) is 3.48. The average molecular weight is 315 g/mol. The lowest BCUT2D eigenvalue weighted by Gasteiger charge is -2.30. The minimum absolute atomic E-state index is 0.109. The Hall–Kier alpha value is -0.720. The molecule has 0 aromatic heterocycles. The first kappa shape index (κ1) is 15.7. The normalized spacial score (nSPS) is 25.3. The van der Waals surface area contributed by atoms with E-state index in [0.717, 1.165) is 19.3 Å². The maximum Gasteiger partial charge on any atom is 0.175 e. The molecule has 4 nitrogen and oxygen atoms in total. The molecule has 1 aliphatic rings. The average Bonchev–Trinajstić information content (AvgIpc) is 2.45. The number of hydrogen-bond donors (Lipinski definition) is 1. The number of nitrogens with one attached hydrogen (secondary N) is 1. The van der Waals surface area contributed by atoms with E-state index in [-0.39, 0.29) is 16.2 Å². The van der Waals surface area contributed by atoms with E-state index in [2.05, 4.69) is 5.32 Å². The summed E-state index contributed by atoms with van der Waals surface area (Å²) >= 11 is 0. The van der Waals surface area contributed by atoms with Crippen LogP contribution in [0.3, 0.4) is 0 Å². The molecule has 1 fully saturated rings. The van der Waals surface area contributed by atoms with Crippen molar-refractivity contribution in [3.8, 4) is 0 Å². The number of rotatable bonds is 4. The van der Waals surface area contributed by atoms with E-state index in [9.17, 15) is 12.6 Å². The lowest BCUT2D eigenvalue weighted by molar-refractivity contribution is 0.399. The lowest BCUT2D eigenvalue weighted by Crippen LogP contribution is -2.42. The molecule has 1 saturated carbocycles. The quantitative estimate of drug-likeness (QED) is 0.919. The van der Waals surface area contributed by atoms with Gasteiger partial charge in [0.2, 0.25) is 0 Å². The highest BCUT2D eigenvalue weighted by Gasteiger charge is 2.29. The van der Waals surface area contributed by atoms with Crippen LogP contribution in [0.5, 0.6) is 0 Å². The standard InChI is InChI=1S/C14H21NO3S2/c1-15-13-5-3-4-6-14(13)19(16)11-7-9-12(10-8-11)20(2,17)18/h7-10,13-15H,3-6H2,1-2H3. The van der Waals surface area contributed by atoms with Crippen molar-refractivity contribution < 1.29 is 12.6 Å². The molecule has 1 N–H and O–H groups in total. The van der Waals surface area contributed by atoms with Crippen LogP contribution < -0.4 is 5.32 Å². The highest BCUT2D eigenvalue weighted by atomic mass is 32.2. The monoisotopic (exact) mass is 315 g/mol. The van der Waals surface area contributed by atoms with Crippen molar-refractivity contribution in [1.29, 1.82) is 0 Å². The van der Waals surface area contributed by atoms with Gasteiger partial charge in [0, 0.05) is 17.2 Å². The van der Waals surface area contributed by atoms with Crippen LogP contribution in [-0.2, 0) is 20.6 Å². The Bertz CT molecular complexity index is 581. The number of benzene rings is 1. The van der Waals surface area contributed by atoms with Gasteiger partial charge >= 0.3 is 0 Å². The van der Waals surface area contributed by atoms with Gasteiger partial charge in [0.1, 0.15) is 0 Å². The summed E-state index contributed by atoms with van der Waals surface area (Å²) in [6.45, 7) is 0. The number of hydrogen-bond acceptors (Lipinski definition) is 4. The molecule has 1 aromatic carbocycles. The highest BCUT2D eigenvalue weighted by molar-refractivity contribution is 7.90. The Morgan fingerprint density at radius 2 is 1.75 bits per heavy atom. The van der Waals surface area contributed by atoms with E-state index >= 15 is 0 Å². The minimum atomic E-state index is -3.20. The van der Waals surface area contributed by atoms with Crippen LogP contribution in [0, 0.1) is 0 Å². The molecule has 0 aliphatic heterocycles. The fourth-order valence-corrected chi connectivity index (χ4v) is 5.01. The molecule has 1 aromatic rings. The summed E-state index contributed by atoms with van der Waals surface area (Å²) in [4.78, 5) is 0.983. The zero-order chi connectivity index (χ0) is 14.8. The van der Waals surface area contributed by atoms with Gasteiger partial charge in [-0.05, 0) is 44.2 Å². The van der Waals surface area contributed by atoms with Crippen LogP contribution in [0.4, 0.5) is 0 Å². The zero-order valence-corrected chi connectivity index (χ0v) is 13.5. The van der Waals surface area contributed by atoms with Gasteiger partial charge in [0.15, 0.2) is 9.84 Å². The van der Waals surface area contributed by atoms with Gasteiger partial charge < -0.3 is 5.32 Å². The van der Waals surface area contributed by atoms with E-state index in [1.54, 1.807) is 24.3 Å². The van der Waals surface area contributed by atoms with Crippen molar-refractivity contribution in [3.63, 3.8) is 0 Å². The summed E-state index contributed by atoms with van der Waals surface area (Å²) in [6.07, 6.45) is 5.46. The molecule has 0 heterocycles. The molecule has 0 saturated heterocycles. The highest BCUT2D eigenvalue weighted by Crippen LogP contribution is 2.26. The van der Waals surface area contributed by atoms with Crippen molar-refractivity contribution in [2.45, 2.75) is 46.8 Å². The van der Waals surface area contributed by atoms with E-state index in [0.29, 0.717) is 4.90 Å². The van der Waals surface area contributed by atoms with Gasteiger partial charge in [0.25, 0.3) is 0 Å². The minimum Gasteiger partial charge on any atom is -0.316 e. The van der Waals surface area contributed by atoms with Crippen molar-refractivity contribution >= 4 is 20.6 Å². The third-order valence-corrected chi connectivity index (χ3v) is 6.81. The predicted octanol–water partition coefficient (Wildman–Crippen LogP) is 1.73. The van der Waals surface area contributed by atoms with Gasteiger partial charge in [-0.15, -0.1) is 0 Å². The van der Waals surface area contributed by atoms with Gasteiger partial charge in [0.05, 0.1) is 20.9 Å². The van der Waals surface area contributed by atoms with Gasteiger partial charge in [-0.25, -0.2) is 8.42 Å². The topological polar surface area (TPSA) is 63.2 Å². The van der Waals surface area contributed by atoms with E-state index in [1.165, 1.54) is 12.7 Å². The van der Waals surface area contributed by atoms with Crippen molar-refractivity contribution in [2.24, 2.45) is 0 Å². The van der Waals surface area contributed by atoms with E-state index < -0.39 is 20.6 Å². The molecule has 0 amide bonds. The largest absolute Gasteiger partial charge is 0.316 e. The molecule has 20 heavy (non-hydrogen) atoms. The third-order valence-electron chi connectivity index (χ3n) is 3.83. The molecule has 0 bridgehead atoms. The Morgan fingerprint density at radius 1 is 1.15 bits per heavy atom. The van der Waals surface area contributed by atoms with Gasteiger partial charge in [-0.3, -0.25) is 4.21 Å². The Balaban J connectivity index is 2.20. The maximum atomic E-state index is 12.7. The summed E-state index contributed by atoms with van der Waals surface area (Å²) in [7, 11) is -2.38. The molecule has 6 heteroatoms. The Labute approximate surface area is 123 Å². The maximum absolute atomic E-state index is 12.7. The second-order valence-electron chi connectivity index (χ2n) is 5.26. The summed E-state index contributed by atoms with van der Waals surface area (Å²) in [5.41, 5.74) is 0. The first-order valence-corrected chi connectivity index (χ1v) is 9.92. The molecular weight excluding hydrogens is 294 g/mol. The first-order chi connectivity index (χ1) is 9.43. The van der Waals surface area contributed by atoms with E-state index in [1.807, 2.05) is 7.05 Å². The molecule has 3 atom stereocenters. The van der Waals surface area contributed by atoms with Gasteiger partial charge in [-0.1, -0.05) is 12.8 Å². The molecule has 2 rings (SSSR count). The summed E-state index contributed by atoms with van der Waals surface area (Å²) in [5.74, 6) is 0. The van der Waals surface area contributed by atoms with Crippen molar-refractivity contribution in [1.82, 2.24) is 5.32 Å². The van der Waals surface area contributed by atoms with E-state index in [4.69, 9.17) is 0 Å². The number of sulfone groups is 1. The van der Waals surface area contributed by atoms with Crippen molar-refractivity contribution in [2.75, 3.05) is 13.3 Å².